The lowest BCUT2D eigenvalue weighted by Crippen LogP contribution is -2.02. The average molecular weight is 356 g/mol. The van der Waals surface area contributed by atoms with Crippen LogP contribution in [0.5, 0.6) is 0 Å². The molecule has 0 nitrogen and oxygen atoms in total. The number of hydrogen-bond donors (Lipinski definition) is 0. The quantitative estimate of drug-likeness (QED) is 0.290. The maximum Gasteiger partial charge on any atom is -0.00204 e. The summed E-state index contributed by atoms with van der Waals surface area (Å²) < 4.78 is 0. The standard InChI is InChI=1S/C28H20/c1-3-9-21(10-4-1)15-17-23-18-20-27-25-13-7-8-14-26(25)28(27)24(23)19-16-22-11-5-2-6-12-22/h1-20H. The van der Waals surface area contributed by atoms with Crippen LogP contribution in [0.2, 0.25) is 0 Å². The molecule has 1 aliphatic rings. The second kappa shape index (κ2) is 7.17. The van der Waals surface area contributed by atoms with E-state index in [0.717, 1.165) is 0 Å². The molecular formula is C28H20. The van der Waals surface area contributed by atoms with Gasteiger partial charge in [0.1, 0.15) is 0 Å². The Morgan fingerprint density at radius 3 is 1.64 bits per heavy atom. The molecular weight excluding hydrogens is 336 g/mol. The molecule has 132 valence electrons. The fourth-order valence-corrected chi connectivity index (χ4v) is 3.84. The highest BCUT2D eigenvalue weighted by molar-refractivity contribution is 6.08. The molecule has 0 atom stereocenters. The van der Waals surface area contributed by atoms with E-state index in [9.17, 15) is 0 Å². The minimum atomic E-state index is 1.21. The SMILES string of the molecule is C(=Cc1ccc2c(c1C=Cc1ccccc1)-c1ccccc1-2)c1ccccc1. The first-order chi connectivity index (χ1) is 13.9. The van der Waals surface area contributed by atoms with Crippen molar-refractivity contribution in [1.82, 2.24) is 0 Å². The molecule has 0 aliphatic heterocycles. The second-order valence-electron chi connectivity index (χ2n) is 7.02. The van der Waals surface area contributed by atoms with Crippen molar-refractivity contribution in [3.05, 3.63) is 119 Å². The lowest BCUT2D eigenvalue weighted by Gasteiger charge is -2.27. The van der Waals surface area contributed by atoms with Gasteiger partial charge in [0.25, 0.3) is 0 Å². The van der Waals surface area contributed by atoms with Crippen LogP contribution in [0.15, 0.2) is 97.1 Å². The normalized spacial score (nSPS) is 12.0. The Morgan fingerprint density at radius 1 is 0.393 bits per heavy atom. The number of hydrogen-bond acceptors (Lipinski definition) is 0. The molecule has 0 bridgehead atoms. The van der Waals surface area contributed by atoms with Crippen molar-refractivity contribution in [2.75, 3.05) is 0 Å². The average Bonchev–Trinajstić information content (AvgIpc) is 2.76. The lowest BCUT2D eigenvalue weighted by atomic mass is 9.76. The van der Waals surface area contributed by atoms with Gasteiger partial charge in [-0.05, 0) is 44.5 Å². The third-order valence-electron chi connectivity index (χ3n) is 5.26. The summed E-state index contributed by atoms with van der Waals surface area (Å²) >= 11 is 0. The molecule has 0 radical (unpaired) electrons. The van der Waals surface area contributed by atoms with Crippen LogP contribution < -0.4 is 0 Å². The molecule has 0 heterocycles. The molecule has 0 heteroatoms. The third-order valence-corrected chi connectivity index (χ3v) is 5.26. The Labute approximate surface area is 166 Å². The van der Waals surface area contributed by atoms with E-state index < -0.39 is 0 Å². The predicted octanol–water partition coefficient (Wildman–Crippen LogP) is 7.67. The Hall–Kier alpha value is -3.64. The topological polar surface area (TPSA) is 0 Å². The van der Waals surface area contributed by atoms with Crippen molar-refractivity contribution in [2.24, 2.45) is 0 Å². The van der Waals surface area contributed by atoms with Gasteiger partial charge in [-0.2, -0.15) is 0 Å². The van der Waals surface area contributed by atoms with E-state index in [1.165, 1.54) is 44.5 Å². The van der Waals surface area contributed by atoms with Crippen molar-refractivity contribution in [2.45, 2.75) is 0 Å². The Kier molecular flexibility index (Phi) is 4.23. The summed E-state index contributed by atoms with van der Waals surface area (Å²) in [5.74, 6) is 0. The van der Waals surface area contributed by atoms with Crippen molar-refractivity contribution in [3.63, 3.8) is 0 Å². The first-order valence-corrected chi connectivity index (χ1v) is 9.63. The van der Waals surface area contributed by atoms with Crippen LogP contribution in [-0.4, -0.2) is 0 Å². The summed E-state index contributed by atoms with van der Waals surface area (Å²) in [6.07, 6.45) is 8.87. The van der Waals surface area contributed by atoms with E-state index in [-0.39, 0.29) is 0 Å². The first kappa shape index (κ1) is 16.5. The monoisotopic (exact) mass is 356 g/mol. The highest BCUT2D eigenvalue weighted by Gasteiger charge is 2.24. The van der Waals surface area contributed by atoms with Gasteiger partial charge in [0, 0.05) is 0 Å². The molecule has 0 unspecified atom stereocenters. The smallest absolute Gasteiger partial charge is 0.00204 e. The highest BCUT2D eigenvalue weighted by Crippen LogP contribution is 2.50. The van der Waals surface area contributed by atoms with E-state index in [1.807, 2.05) is 6.07 Å². The van der Waals surface area contributed by atoms with Crippen LogP contribution in [0.3, 0.4) is 0 Å². The largest absolute Gasteiger partial charge is 0.0622 e. The molecule has 28 heavy (non-hydrogen) atoms. The zero-order valence-electron chi connectivity index (χ0n) is 15.5. The molecule has 0 spiro atoms. The van der Waals surface area contributed by atoms with E-state index in [2.05, 4.69) is 115 Å². The van der Waals surface area contributed by atoms with E-state index in [0.29, 0.717) is 0 Å². The molecule has 4 aromatic carbocycles. The fourth-order valence-electron chi connectivity index (χ4n) is 3.84. The molecule has 0 amide bonds. The van der Waals surface area contributed by atoms with E-state index in [1.54, 1.807) is 0 Å². The Morgan fingerprint density at radius 2 is 0.964 bits per heavy atom. The molecule has 0 aromatic heterocycles. The van der Waals surface area contributed by atoms with Crippen LogP contribution in [0.1, 0.15) is 22.3 Å². The second-order valence-corrected chi connectivity index (χ2v) is 7.02. The number of rotatable bonds is 4. The van der Waals surface area contributed by atoms with Gasteiger partial charge in [0.15, 0.2) is 0 Å². The van der Waals surface area contributed by atoms with Gasteiger partial charge >= 0.3 is 0 Å². The summed E-state index contributed by atoms with van der Waals surface area (Å²) in [6.45, 7) is 0. The van der Waals surface area contributed by atoms with E-state index >= 15 is 0 Å². The summed E-state index contributed by atoms with van der Waals surface area (Å²) in [4.78, 5) is 0. The van der Waals surface area contributed by atoms with Gasteiger partial charge < -0.3 is 0 Å². The summed E-state index contributed by atoms with van der Waals surface area (Å²) in [7, 11) is 0. The van der Waals surface area contributed by atoms with Gasteiger partial charge in [-0.25, -0.2) is 0 Å². The first-order valence-electron chi connectivity index (χ1n) is 9.63. The molecule has 0 saturated carbocycles. The maximum absolute atomic E-state index is 2.26. The number of benzene rings is 4. The van der Waals surface area contributed by atoms with Gasteiger partial charge in [-0.3, -0.25) is 0 Å². The van der Waals surface area contributed by atoms with Crippen LogP contribution >= 0.6 is 0 Å². The van der Waals surface area contributed by atoms with Crippen LogP contribution in [0.25, 0.3) is 46.6 Å². The van der Waals surface area contributed by atoms with Crippen LogP contribution in [0.4, 0.5) is 0 Å². The molecule has 4 aromatic rings. The van der Waals surface area contributed by atoms with Gasteiger partial charge in [0.2, 0.25) is 0 Å². The Balaban J connectivity index is 1.60. The minimum absolute atomic E-state index is 1.21. The van der Waals surface area contributed by atoms with E-state index in [4.69, 9.17) is 0 Å². The van der Waals surface area contributed by atoms with Crippen molar-refractivity contribution in [1.29, 1.82) is 0 Å². The molecule has 5 rings (SSSR count). The molecule has 0 fully saturated rings. The zero-order valence-corrected chi connectivity index (χ0v) is 15.5. The Bertz CT molecular complexity index is 1180. The highest BCUT2D eigenvalue weighted by atomic mass is 14.3. The maximum atomic E-state index is 2.26. The predicted molar refractivity (Wildman–Crippen MR) is 122 cm³/mol. The zero-order chi connectivity index (χ0) is 18.8. The lowest BCUT2D eigenvalue weighted by molar-refractivity contribution is 1.49. The van der Waals surface area contributed by atoms with Gasteiger partial charge in [-0.15, -0.1) is 0 Å². The molecule has 1 aliphatic carbocycles. The summed E-state index contributed by atoms with van der Waals surface area (Å²) in [5, 5.41) is 0. The summed E-state index contributed by atoms with van der Waals surface area (Å²) in [5.41, 5.74) is 10.4. The fraction of sp³-hybridized carbons (Fsp3) is 0. The van der Waals surface area contributed by atoms with Gasteiger partial charge in [-0.1, -0.05) is 121 Å². The third kappa shape index (κ3) is 3.00. The van der Waals surface area contributed by atoms with Crippen molar-refractivity contribution >= 4 is 24.3 Å². The van der Waals surface area contributed by atoms with Crippen molar-refractivity contribution in [3.8, 4) is 22.3 Å². The van der Waals surface area contributed by atoms with Gasteiger partial charge in [0.05, 0.1) is 0 Å². The van der Waals surface area contributed by atoms with Crippen LogP contribution in [0, 0.1) is 0 Å². The van der Waals surface area contributed by atoms with Crippen molar-refractivity contribution < 1.29 is 0 Å². The van der Waals surface area contributed by atoms with Crippen LogP contribution in [-0.2, 0) is 0 Å². The molecule has 0 N–H and O–H groups in total. The molecule has 0 saturated heterocycles. The number of fused-ring (bicyclic) bond motifs is 4. The summed E-state index contributed by atoms with van der Waals surface area (Å²) in [6, 6.07) is 34.1. The minimum Gasteiger partial charge on any atom is -0.0622 e.